The molecule has 0 saturated heterocycles. The van der Waals surface area contributed by atoms with Crippen LogP contribution in [0.25, 0.3) is 0 Å². The van der Waals surface area contributed by atoms with Gasteiger partial charge >= 0.3 is 0 Å². The molecule has 2 aliphatic carbocycles. The number of anilines is 3. The number of aromatic nitrogens is 3. The molecule has 3 aliphatic rings. The van der Waals surface area contributed by atoms with Gasteiger partial charge < -0.3 is 16.4 Å². The van der Waals surface area contributed by atoms with E-state index in [1.54, 1.807) is 17.6 Å². The Balaban J connectivity index is 1.65. The van der Waals surface area contributed by atoms with Gasteiger partial charge in [-0.2, -0.15) is 0 Å². The molecule has 1 aliphatic heterocycles. The number of hydrogen-bond donors (Lipinski definition) is 3. The first-order valence-corrected chi connectivity index (χ1v) is 10.2. The highest BCUT2D eigenvalue weighted by atomic mass is 19.1. The Morgan fingerprint density at radius 3 is 2.83 bits per heavy atom. The maximum Gasteiger partial charge on any atom is 0.277 e. The number of carbonyl (C=O) groups excluding carboxylic acids is 1. The lowest BCUT2D eigenvalue weighted by Crippen LogP contribution is -2.46. The summed E-state index contributed by atoms with van der Waals surface area (Å²) in [5.41, 5.74) is 6.71. The quantitative estimate of drug-likeness (QED) is 0.670. The van der Waals surface area contributed by atoms with Crippen LogP contribution >= 0.6 is 0 Å². The van der Waals surface area contributed by atoms with Gasteiger partial charge in [0, 0.05) is 12.0 Å². The molecule has 3 heterocycles. The second-order valence-electron chi connectivity index (χ2n) is 8.35. The molecular formula is C21H23FN6O2. The van der Waals surface area contributed by atoms with E-state index in [-0.39, 0.29) is 23.2 Å². The van der Waals surface area contributed by atoms with Gasteiger partial charge in [0.2, 0.25) is 0 Å². The van der Waals surface area contributed by atoms with Gasteiger partial charge in [0.25, 0.3) is 11.5 Å². The summed E-state index contributed by atoms with van der Waals surface area (Å²) in [5, 5.41) is 6.04. The Kier molecular flexibility index (Phi) is 4.16. The van der Waals surface area contributed by atoms with Crippen molar-refractivity contribution in [1.29, 1.82) is 0 Å². The van der Waals surface area contributed by atoms with Crippen molar-refractivity contribution in [2.75, 3.05) is 11.1 Å². The molecule has 1 amide bonds. The van der Waals surface area contributed by atoms with Crippen LogP contribution in [-0.2, 0) is 5.66 Å². The van der Waals surface area contributed by atoms with Crippen LogP contribution < -0.4 is 21.9 Å². The third kappa shape index (κ3) is 2.96. The first kappa shape index (κ1) is 18.8. The van der Waals surface area contributed by atoms with E-state index in [2.05, 4.69) is 20.6 Å². The molecule has 30 heavy (non-hydrogen) atoms. The predicted molar refractivity (Wildman–Crippen MR) is 110 cm³/mol. The number of allylic oxidation sites excluding steroid dienone is 1. The Hall–Kier alpha value is -3.23. The summed E-state index contributed by atoms with van der Waals surface area (Å²) < 4.78 is 15.3. The highest BCUT2D eigenvalue weighted by Crippen LogP contribution is 2.46. The molecule has 156 valence electrons. The maximum atomic E-state index is 13.8. The molecule has 5 rings (SSSR count). The minimum Gasteiger partial charge on any atom is -0.384 e. The van der Waals surface area contributed by atoms with E-state index < -0.39 is 11.8 Å². The van der Waals surface area contributed by atoms with Gasteiger partial charge in [-0.15, -0.1) is 0 Å². The van der Waals surface area contributed by atoms with E-state index in [0.29, 0.717) is 35.6 Å². The zero-order chi connectivity index (χ0) is 21.0. The number of pyridine rings is 1. The number of nitrogens with zero attached hydrogens (tertiary/aromatic N) is 3. The molecule has 1 saturated carbocycles. The summed E-state index contributed by atoms with van der Waals surface area (Å²) in [4.78, 5) is 34.3. The number of hydrogen-bond acceptors (Lipinski definition) is 6. The monoisotopic (exact) mass is 410 g/mol. The molecule has 2 aromatic heterocycles. The Labute approximate surface area is 172 Å². The van der Waals surface area contributed by atoms with Gasteiger partial charge in [0.15, 0.2) is 0 Å². The van der Waals surface area contributed by atoms with Crippen molar-refractivity contribution in [3.8, 4) is 0 Å². The number of nitrogens with one attached hydrogen (secondary N) is 2. The number of fused-ring (bicyclic) bond motifs is 2. The average molecular weight is 410 g/mol. The Bertz CT molecular complexity index is 1140. The van der Waals surface area contributed by atoms with Crippen molar-refractivity contribution >= 4 is 23.2 Å². The topological polar surface area (TPSA) is 115 Å². The number of alkyl halides is 1. The largest absolute Gasteiger partial charge is 0.384 e. The van der Waals surface area contributed by atoms with Crippen molar-refractivity contribution in [2.24, 2.45) is 5.92 Å². The van der Waals surface area contributed by atoms with Crippen LogP contribution in [0.15, 0.2) is 34.9 Å². The van der Waals surface area contributed by atoms with E-state index in [1.165, 1.54) is 12.4 Å². The fraction of sp³-hybridized carbons (Fsp3) is 0.429. The molecular weight excluding hydrogens is 387 g/mol. The van der Waals surface area contributed by atoms with Crippen molar-refractivity contribution in [2.45, 2.75) is 50.9 Å². The van der Waals surface area contributed by atoms with Crippen LogP contribution in [0.4, 0.5) is 21.7 Å². The van der Waals surface area contributed by atoms with Crippen LogP contribution in [0, 0.1) is 12.8 Å². The second kappa shape index (κ2) is 6.65. The van der Waals surface area contributed by atoms with E-state index in [9.17, 15) is 14.0 Å². The molecule has 3 unspecified atom stereocenters. The van der Waals surface area contributed by atoms with Gasteiger partial charge in [0.1, 0.15) is 41.2 Å². The van der Waals surface area contributed by atoms with E-state index in [1.807, 2.05) is 6.08 Å². The fourth-order valence-electron chi connectivity index (χ4n) is 4.68. The van der Waals surface area contributed by atoms with E-state index in [0.717, 1.165) is 24.8 Å². The summed E-state index contributed by atoms with van der Waals surface area (Å²) in [5.74, 6) is 0.289. The molecule has 4 N–H and O–H groups in total. The number of rotatable bonds is 3. The fourth-order valence-corrected chi connectivity index (χ4v) is 4.68. The molecule has 9 heteroatoms. The van der Waals surface area contributed by atoms with Gasteiger partial charge in [-0.25, -0.2) is 14.4 Å². The number of aryl methyl sites for hydroxylation is 1. The van der Waals surface area contributed by atoms with Crippen molar-refractivity contribution in [3.05, 3.63) is 51.7 Å². The van der Waals surface area contributed by atoms with E-state index in [4.69, 9.17) is 5.73 Å². The second-order valence-corrected chi connectivity index (χ2v) is 8.35. The molecule has 2 aromatic rings. The van der Waals surface area contributed by atoms with E-state index >= 15 is 0 Å². The van der Waals surface area contributed by atoms with Crippen molar-refractivity contribution < 1.29 is 9.18 Å². The van der Waals surface area contributed by atoms with Gasteiger partial charge in [-0.1, -0.05) is 5.57 Å². The number of nitrogen functional groups attached to an aromatic ring is 1. The number of amides is 1. The van der Waals surface area contributed by atoms with Crippen LogP contribution in [0.1, 0.15) is 48.2 Å². The van der Waals surface area contributed by atoms with Gasteiger partial charge in [-0.3, -0.25) is 14.2 Å². The zero-order valence-corrected chi connectivity index (χ0v) is 16.6. The first-order chi connectivity index (χ1) is 14.4. The lowest BCUT2D eigenvalue weighted by atomic mass is 10.0. The molecule has 1 spiro atoms. The molecule has 0 aromatic carbocycles. The summed E-state index contributed by atoms with van der Waals surface area (Å²) in [6, 6.07) is 3.18. The third-order valence-electron chi connectivity index (χ3n) is 6.17. The summed E-state index contributed by atoms with van der Waals surface area (Å²) in [6.45, 7) is 1.79. The smallest absolute Gasteiger partial charge is 0.277 e. The molecule has 3 atom stereocenters. The van der Waals surface area contributed by atoms with Gasteiger partial charge in [0.05, 0.1) is 0 Å². The zero-order valence-electron chi connectivity index (χ0n) is 16.6. The Morgan fingerprint density at radius 2 is 2.10 bits per heavy atom. The number of halogens is 1. The number of nitrogens with two attached hydrogens (primary N) is 1. The number of carbonyl (C=O) groups is 1. The molecule has 0 radical (unpaired) electrons. The molecule has 0 bridgehead atoms. The summed E-state index contributed by atoms with van der Waals surface area (Å²) >= 11 is 0. The third-order valence-corrected chi connectivity index (χ3v) is 6.17. The minimum atomic E-state index is -0.967. The molecule has 8 nitrogen and oxygen atoms in total. The first-order valence-electron chi connectivity index (χ1n) is 10.2. The van der Waals surface area contributed by atoms with Crippen LogP contribution in [0.5, 0.6) is 0 Å². The minimum absolute atomic E-state index is 0.0944. The normalized spacial score (nSPS) is 27.3. The lowest BCUT2D eigenvalue weighted by Gasteiger charge is -2.29. The molecule has 1 fully saturated rings. The highest BCUT2D eigenvalue weighted by molar-refractivity contribution is 5.97. The van der Waals surface area contributed by atoms with Crippen LogP contribution in [0.2, 0.25) is 0 Å². The van der Waals surface area contributed by atoms with Crippen molar-refractivity contribution in [1.82, 2.24) is 19.9 Å². The maximum absolute atomic E-state index is 13.8. The average Bonchev–Trinajstić information content (AvgIpc) is 3.39. The van der Waals surface area contributed by atoms with Gasteiger partial charge in [-0.05, 0) is 56.7 Å². The highest BCUT2D eigenvalue weighted by Gasteiger charge is 2.47. The summed E-state index contributed by atoms with van der Waals surface area (Å²) in [6.07, 6.45) is 6.07. The lowest BCUT2D eigenvalue weighted by molar-refractivity contribution is 0.0934. The predicted octanol–water partition coefficient (Wildman–Crippen LogP) is 2.53. The SMILES string of the molecule is Cc1cc(Nc2cc(N)ncn2)c(=O)n2c1C(=O)NC21C=C(C2CC2F)CCCC1. The Morgan fingerprint density at radius 1 is 1.30 bits per heavy atom. The standard InChI is InChI=1S/C21H23FN6O2/c1-11-6-15(26-17-8-16(23)24-10-25-17)20(30)28-18(11)19(29)27-21(28)5-3-2-4-12(9-21)13-7-14(13)22/h6,8-10,13-14H,2-5,7H2,1H3,(H,27,29)(H3,23,24,25,26). The van der Waals surface area contributed by atoms with Crippen LogP contribution in [-0.4, -0.2) is 26.6 Å². The van der Waals surface area contributed by atoms with Crippen molar-refractivity contribution in [3.63, 3.8) is 0 Å². The van der Waals surface area contributed by atoms with Crippen LogP contribution in [0.3, 0.4) is 0 Å². The summed E-state index contributed by atoms with van der Waals surface area (Å²) in [7, 11) is 0.